The van der Waals surface area contributed by atoms with Gasteiger partial charge in [0.2, 0.25) is 0 Å². The normalized spacial score (nSPS) is 13.1. The molecule has 1 unspecified atom stereocenters. The molecule has 0 amide bonds. The maximum Gasteiger partial charge on any atom is 0.328 e. The number of halogens is 1. The van der Waals surface area contributed by atoms with E-state index < -0.39 is 17.4 Å². The number of esters is 1. The number of carbonyl (C=O) groups is 2. The monoisotopic (exact) mass is 354 g/mol. The molecule has 0 fully saturated rings. The Morgan fingerprint density at radius 1 is 1.38 bits per heavy atom. The molecule has 0 aromatic heterocycles. The van der Waals surface area contributed by atoms with Gasteiger partial charge in [-0.3, -0.25) is 9.59 Å². The molecule has 0 aliphatic rings. The van der Waals surface area contributed by atoms with Gasteiger partial charge in [0, 0.05) is 4.47 Å². The minimum Gasteiger partial charge on any atom is -0.480 e. The lowest BCUT2D eigenvalue weighted by atomic mass is 9.77. The lowest BCUT2D eigenvalue weighted by Crippen LogP contribution is -2.44. The lowest BCUT2D eigenvalue weighted by Gasteiger charge is -2.27. The number of aliphatic carboxylic acids is 1. The molecule has 21 heavy (non-hydrogen) atoms. The number of rotatable bonds is 6. The third-order valence-electron chi connectivity index (χ3n) is 3.12. The molecule has 1 N–H and O–H groups in total. The van der Waals surface area contributed by atoms with Crippen molar-refractivity contribution in [3.8, 4) is 0 Å². The van der Waals surface area contributed by atoms with Crippen LogP contribution in [0.25, 0.3) is 0 Å². The molecule has 0 spiro atoms. The number of hydrogen-bond acceptors (Lipinski definition) is 3. The van der Waals surface area contributed by atoms with Gasteiger partial charge in [0.25, 0.3) is 0 Å². The molecule has 1 aromatic carbocycles. The molecule has 0 heterocycles. The van der Waals surface area contributed by atoms with Crippen LogP contribution >= 0.6 is 15.9 Å². The van der Waals surface area contributed by atoms with Crippen LogP contribution in [-0.2, 0) is 19.7 Å². The molecule has 0 radical (unpaired) electrons. The lowest BCUT2D eigenvalue weighted by molar-refractivity contribution is -0.161. The smallest absolute Gasteiger partial charge is 0.328 e. The van der Waals surface area contributed by atoms with Crippen LogP contribution in [0.15, 0.2) is 40.4 Å². The fraction of sp³-hybridized carbons (Fsp3) is 0.375. The summed E-state index contributed by atoms with van der Waals surface area (Å²) in [5, 5.41) is 9.73. The second-order valence-electron chi connectivity index (χ2n) is 4.93. The maximum atomic E-state index is 12.4. The summed E-state index contributed by atoms with van der Waals surface area (Å²) in [6.45, 7) is 5.51. The minimum absolute atomic E-state index is 0.0555. The SMILES string of the molecule is CCOC(=O)C(CC=C(C)C)(C(=O)O)c1cccc(Br)c1. The van der Waals surface area contributed by atoms with Gasteiger partial charge in [-0.15, -0.1) is 0 Å². The zero-order valence-electron chi connectivity index (χ0n) is 12.4. The van der Waals surface area contributed by atoms with Gasteiger partial charge in [0.05, 0.1) is 6.61 Å². The van der Waals surface area contributed by atoms with Crippen LogP contribution in [0.1, 0.15) is 32.8 Å². The average Bonchev–Trinajstić information content (AvgIpc) is 2.39. The van der Waals surface area contributed by atoms with E-state index in [-0.39, 0.29) is 13.0 Å². The van der Waals surface area contributed by atoms with Crippen molar-refractivity contribution in [2.75, 3.05) is 6.61 Å². The highest BCUT2D eigenvalue weighted by Gasteiger charge is 2.48. The molecule has 0 saturated heterocycles. The van der Waals surface area contributed by atoms with Gasteiger partial charge in [-0.1, -0.05) is 39.7 Å². The van der Waals surface area contributed by atoms with E-state index in [1.54, 1.807) is 37.3 Å². The van der Waals surface area contributed by atoms with E-state index in [1.165, 1.54) is 0 Å². The molecular formula is C16H19BrO4. The molecule has 1 rings (SSSR count). The number of carboxylic acids is 1. The summed E-state index contributed by atoms with van der Waals surface area (Å²) in [5.74, 6) is -1.95. The third kappa shape index (κ3) is 3.94. The highest BCUT2D eigenvalue weighted by atomic mass is 79.9. The van der Waals surface area contributed by atoms with E-state index in [4.69, 9.17) is 4.74 Å². The predicted molar refractivity (Wildman–Crippen MR) is 84.1 cm³/mol. The first-order chi connectivity index (χ1) is 9.84. The summed E-state index contributed by atoms with van der Waals surface area (Å²) in [4.78, 5) is 24.3. The van der Waals surface area contributed by atoms with Crippen molar-refractivity contribution in [2.45, 2.75) is 32.6 Å². The van der Waals surface area contributed by atoms with Gasteiger partial charge in [-0.2, -0.15) is 0 Å². The first-order valence-electron chi connectivity index (χ1n) is 6.64. The number of ether oxygens (including phenoxy) is 1. The van der Waals surface area contributed by atoms with Crippen molar-refractivity contribution in [2.24, 2.45) is 0 Å². The Morgan fingerprint density at radius 3 is 2.52 bits per heavy atom. The van der Waals surface area contributed by atoms with Gasteiger partial charge < -0.3 is 9.84 Å². The van der Waals surface area contributed by atoms with Gasteiger partial charge in [-0.05, 0) is 44.9 Å². The highest BCUT2D eigenvalue weighted by Crippen LogP contribution is 2.33. The molecule has 1 aromatic rings. The van der Waals surface area contributed by atoms with Crippen LogP contribution in [0.2, 0.25) is 0 Å². The fourth-order valence-electron chi connectivity index (χ4n) is 1.98. The first-order valence-corrected chi connectivity index (χ1v) is 7.44. The Morgan fingerprint density at radius 2 is 2.05 bits per heavy atom. The average molecular weight is 355 g/mol. The van der Waals surface area contributed by atoms with Crippen LogP contribution < -0.4 is 0 Å². The zero-order chi connectivity index (χ0) is 16.0. The van der Waals surface area contributed by atoms with Gasteiger partial charge in [0.1, 0.15) is 0 Å². The summed E-state index contributed by atoms with van der Waals surface area (Å²) >= 11 is 3.31. The highest BCUT2D eigenvalue weighted by molar-refractivity contribution is 9.10. The van der Waals surface area contributed by atoms with Gasteiger partial charge in [-0.25, -0.2) is 0 Å². The van der Waals surface area contributed by atoms with E-state index in [1.807, 2.05) is 13.8 Å². The summed E-state index contributed by atoms with van der Waals surface area (Å²) in [6.07, 6.45) is 1.80. The van der Waals surface area contributed by atoms with Crippen molar-refractivity contribution in [3.05, 3.63) is 46.0 Å². The van der Waals surface area contributed by atoms with Gasteiger partial charge in [0.15, 0.2) is 5.41 Å². The van der Waals surface area contributed by atoms with Crippen LogP contribution in [0.5, 0.6) is 0 Å². The maximum absolute atomic E-state index is 12.4. The molecule has 114 valence electrons. The fourth-order valence-corrected chi connectivity index (χ4v) is 2.38. The van der Waals surface area contributed by atoms with Crippen molar-refractivity contribution >= 4 is 27.9 Å². The Labute approximate surface area is 132 Å². The molecule has 1 atom stereocenters. The van der Waals surface area contributed by atoms with E-state index >= 15 is 0 Å². The molecule has 0 bridgehead atoms. The quantitative estimate of drug-likeness (QED) is 0.480. The first kappa shape index (κ1) is 17.4. The molecule has 0 saturated carbocycles. The second-order valence-corrected chi connectivity index (χ2v) is 5.84. The van der Waals surface area contributed by atoms with Crippen molar-refractivity contribution in [1.82, 2.24) is 0 Å². The second kappa shape index (κ2) is 7.41. The number of allylic oxidation sites excluding steroid dienone is 2. The molecule has 4 nitrogen and oxygen atoms in total. The largest absolute Gasteiger partial charge is 0.480 e. The van der Waals surface area contributed by atoms with Crippen LogP contribution in [-0.4, -0.2) is 23.7 Å². The Bertz CT molecular complexity index is 561. The summed E-state index contributed by atoms with van der Waals surface area (Å²) < 4.78 is 5.75. The third-order valence-corrected chi connectivity index (χ3v) is 3.62. The molecule has 5 heteroatoms. The van der Waals surface area contributed by atoms with Crippen LogP contribution in [0.4, 0.5) is 0 Å². The van der Waals surface area contributed by atoms with Crippen LogP contribution in [0.3, 0.4) is 0 Å². The van der Waals surface area contributed by atoms with Crippen LogP contribution in [0, 0.1) is 0 Å². The molecular weight excluding hydrogens is 336 g/mol. The summed E-state index contributed by atoms with van der Waals surface area (Å²) in [6, 6.07) is 6.76. The number of hydrogen-bond donors (Lipinski definition) is 1. The van der Waals surface area contributed by atoms with E-state index in [0.29, 0.717) is 10.0 Å². The van der Waals surface area contributed by atoms with Crippen molar-refractivity contribution in [3.63, 3.8) is 0 Å². The van der Waals surface area contributed by atoms with Crippen molar-refractivity contribution in [1.29, 1.82) is 0 Å². The summed E-state index contributed by atoms with van der Waals surface area (Å²) in [5.41, 5.74) is -0.378. The number of carbonyl (C=O) groups excluding carboxylic acids is 1. The summed E-state index contributed by atoms with van der Waals surface area (Å²) in [7, 11) is 0. The van der Waals surface area contributed by atoms with Crippen molar-refractivity contribution < 1.29 is 19.4 Å². The number of carboxylic acid groups (broad SMARTS) is 1. The Kier molecular flexibility index (Phi) is 6.15. The minimum atomic E-state index is -1.73. The van der Waals surface area contributed by atoms with E-state index in [0.717, 1.165) is 5.57 Å². The Balaban J connectivity index is 3.47. The zero-order valence-corrected chi connectivity index (χ0v) is 13.9. The van der Waals surface area contributed by atoms with E-state index in [2.05, 4.69) is 15.9 Å². The standard InChI is InChI=1S/C16H19BrO4/c1-4-21-15(20)16(14(18)19,9-8-11(2)3)12-6-5-7-13(17)10-12/h5-8,10H,4,9H2,1-3H3,(H,18,19). The Hall–Kier alpha value is -1.62. The molecule has 0 aliphatic heterocycles. The molecule has 0 aliphatic carbocycles. The van der Waals surface area contributed by atoms with Gasteiger partial charge >= 0.3 is 11.9 Å². The predicted octanol–water partition coefficient (Wildman–Crippen LogP) is 3.69. The number of benzene rings is 1. The topological polar surface area (TPSA) is 63.6 Å². The van der Waals surface area contributed by atoms with E-state index in [9.17, 15) is 14.7 Å².